The van der Waals surface area contributed by atoms with E-state index in [9.17, 15) is 8.78 Å². The van der Waals surface area contributed by atoms with Crippen LogP contribution in [0.2, 0.25) is 0 Å². The second-order valence-electron chi connectivity index (χ2n) is 4.64. The standard InChI is InChI=1S/C13H15F2NO2/c1-13(2,8-16)3-4-18-12-10(14)5-9(7-17)6-11(12)15/h5-6,17H,3-4,7H2,1-2H3. The zero-order valence-electron chi connectivity index (χ0n) is 10.3. The average Bonchev–Trinajstić information content (AvgIpc) is 2.32. The van der Waals surface area contributed by atoms with Gasteiger partial charge in [0.25, 0.3) is 0 Å². The number of rotatable bonds is 5. The molecule has 18 heavy (non-hydrogen) atoms. The Morgan fingerprint density at radius 3 is 2.33 bits per heavy atom. The van der Waals surface area contributed by atoms with E-state index in [1.807, 2.05) is 0 Å². The fourth-order valence-electron chi connectivity index (χ4n) is 1.31. The third-order valence-electron chi connectivity index (χ3n) is 2.52. The van der Waals surface area contributed by atoms with Crippen LogP contribution in [0.4, 0.5) is 8.78 Å². The number of hydrogen-bond acceptors (Lipinski definition) is 3. The van der Waals surface area contributed by atoms with Crippen LogP contribution in [0.1, 0.15) is 25.8 Å². The maximum atomic E-state index is 13.5. The van der Waals surface area contributed by atoms with Crippen molar-refractivity contribution >= 4 is 0 Å². The summed E-state index contributed by atoms with van der Waals surface area (Å²) >= 11 is 0. The molecule has 0 spiro atoms. The van der Waals surface area contributed by atoms with Gasteiger partial charge in [0.15, 0.2) is 17.4 Å². The molecule has 5 heteroatoms. The van der Waals surface area contributed by atoms with Crippen LogP contribution in [-0.2, 0) is 6.61 Å². The molecule has 0 bridgehead atoms. The number of nitriles is 1. The highest BCUT2D eigenvalue weighted by atomic mass is 19.1. The highest BCUT2D eigenvalue weighted by molar-refractivity contribution is 5.31. The van der Waals surface area contributed by atoms with Crippen molar-refractivity contribution in [2.45, 2.75) is 26.9 Å². The third-order valence-corrected chi connectivity index (χ3v) is 2.52. The summed E-state index contributed by atoms with van der Waals surface area (Å²) in [6, 6.07) is 4.12. The predicted molar refractivity (Wildman–Crippen MR) is 61.8 cm³/mol. The topological polar surface area (TPSA) is 53.2 Å². The van der Waals surface area contributed by atoms with Gasteiger partial charge in [-0.25, -0.2) is 8.78 Å². The summed E-state index contributed by atoms with van der Waals surface area (Å²) in [6.07, 6.45) is 0.365. The molecule has 0 heterocycles. The molecule has 1 rings (SSSR count). The van der Waals surface area contributed by atoms with E-state index >= 15 is 0 Å². The minimum atomic E-state index is -0.853. The second kappa shape index (κ2) is 5.78. The highest BCUT2D eigenvalue weighted by Crippen LogP contribution is 2.25. The molecule has 0 aliphatic rings. The first-order chi connectivity index (χ1) is 8.39. The molecule has 0 amide bonds. The molecule has 0 atom stereocenters. The molecule has 98 valence electrons. The van der Waals surface area contributed by atoms with Crippen molar-refractivity contribution < 1.29 is 18.6 Å². The minimum Gasteiger partial charge on any atom is -0.488 e. The number of benzene rings is 1. The number of halogens is 2. The van der Waals surface area contributed by atoms with Crippen LogP contribution in [0, 0.1) is 28.4 Å². The normalized spacial score (nSPS) is 11.1. The van der Waals surface area contributed by atoms with E-state index in [1.54, 1.807) is 13.8 Å². The van der Waals surface area contributed by atoms with Crippen molar-refractivity contribution in [3.05, 3.63) is 29.3 Å². The van der Waals surface area contributed by atoms with Gasteiger partial charge in [0.05, 0.1) is 24.7 Å². The lowest BCUT2D eigenvalue weighted by Gasteiger charge is -2.16. The second-order valence-corrected chi connectivity index (χ2v) is 4.64. The Morgan fingerprint density at radius 1 is 1.33 bits per heavy atom. The average molecular weight is 255 g/mol. The van der Waals surface area contributed by atoms with Gasteiger partial charge < -0.3 is 9.84 Å². The molecule has 0 aromatic heterocycles. The lowest BCUT2D eigenvalue weighted by atomic mass is 9.92. The first kappa shape index (κ1) is 14.4. The molecule has 0 saturated carbocycles. The summed E-state index contributed by atoms with van der Waals surface area (Å²) in [6.45, 7) is 3.05. The quantitative estimate of drug-likeness (QED) is 0.880. The molecule has 0 aliphatic heterocycles. The van der Waals surface area contributed by atoms with Crippen LogP contribution in [0.5, 0.6) is 5.75 Å². The molecular formula is C13H15F2NO2. The first-order valence-electron chi connectivity index (χ1n) is 5.52. The van der Waals surface area contributed by atoms with Crippen LogP contribution in [0.25, 0.3) is 0 Å². The van der Waals surface area contributed by atoms with E-state index in [-0.39, 0.29) is 12.2 Å². The van der Waals surface area contributed by atoms with Gasteiger partial charge in [0.2, 0.25) is 0 Å². The molecular weight excluding hydrogens is 240 g/mol. The van der Waals surface area contributed by atoms with Gasteiger partial charge >= 0.3 is 0 Å². The molecule has 3 nitrogen and oxygen atoms in total. The molecule has 0 unspecified atom stereocenters. The largest absolute Gasteiger partial charge is 0.488 e. The summed E-state index contributed by atoms with van der Waals surface area (Å²) in [4.78, 5) is 0. The van der Waals surface area contributed by atoms with E-state index in [2.05, 4.69) is 6.07 Å². The van der Waals surface area contributed by atoms with Gasteiger partial charge in [-0.15, -0.1) is 0 Å². The summed E-state index contributed by atoms with van der Waals surface area (Å²) in [5, 5.41) is 17.6. The Labute approximate surface area is 105 Å². The van der Waals surface area contributed by atoms with E-state index < -0.39 is 29.4 Å². The lowest BCUT2D eigenvalue weighted by molar-refractivity contribution is 0.242. The fourth-order valence-corrected chi connectivity index (χ4v) is 1.31. The zero-order valence-corrected chi connectivity index (χ0v) is 10.3. The monoisotopic (exact) mass is 255 g/mol. The number of aliphatic hydroxyl groups excluding tert-OH is 1. The third kappa shape index (κ3) is 3.67. The van der Waals surface area contributed by atoms with Crippen molar-refractivity contribution in [2.24, 2.45) is 5.41 Å². The number of aliphatic hydroxyl groups is 1. The van der Waals surface area contributed by atoms with Crippen LogP contribution in [-0.4, -0.2) is 11.7 Å². The molecule has 0 saturated heterocycles. The van der Waals surface area contributed by atoms with Gasteiger partial charge in [-0.2, -0.15) is 5.26 Å². The number of nitrogens with zero attached hydrogens (tertiary/aromatic N) is 1. The molecule has 1 aromatic rings. The van der Waals surface area contributed by atoms with Crippen molar-refractivity contribution in [3.8, 4) is 11.8 Å². The molecule has 0 radical (unpaired) electrons. The van der Waals surface area contributed by atoms with Gasteiger partial charge in [-0.05, 0) is 38.0 Å². The van der Waals surface area contributed by atoms with Crippen molar-refractivity contribution in [1.29, 1.82) is 5.26 Å². The van der Waals surface area contributed by atoms with Gasteiger partial charge in [-0.1, -0.05) is 0 Å². The lowest BCUT2D eigenvalue weighted by Crippen LogP contribution is -2.14. The summed E-state index contributed by atoms with van der Waals surface area (Å²) in [7, 11) is 0. The van der Waals surface area contributed by atoms with Gasteiger partial charge in [0.1, 0.15) is 0 Å². The zero-order chi connectivity index (χ0) is 13.8. The van der Waals surface area contributed by atoms with E-state index in [0.29, 0.717) is 6.42 Å². The fraction of sp³-hybridized carbons (Fsp3) is 0.462. The van der Waals surface area contributed by atoms with Gasteiger partial charge in [0, 0.05) is 0 Å². The minimum absolute atomic E-state index is 0.0485. The molecule has 0 aliphatic carbocycles. The SMILES string of the molecule is CC(C)(C#N)CCOc1c(F)cc(CO)cc1F. The Morgan fingerprint density at radius 2 is 1.89 bits per heavy atom. The smallest absolute Gasteiger partial charge is 0.190 e. The number of hydrogen-bond donors (Lipinski definition) is 1. The number of ether oxygens (including phenoxy) is 1. The van der Waals surface area contributed by atoms with Crippen molar-refractivity contribution in [3.63, 3.8) is 0 Å². The van der Waals surface area contributed by atoms with Crippen molar-refractivity contribution in [1.82, 2.24) is 0 Å². The molecule has 1 N–H and O–H groups in total. The molecule has 0 fully saturated rings. The van der Waals surface area contributed by atoms with Crippen molar-refractivity contribution in [2.75, 3.05) is 6.61 Å². The van der Waals surface area contributed by atoms with Crippen LogP contribution < -0.4 is 4.74 Å². The van der Waals surface area contributed by atoms with E-state index in [0.717, 1.165) is 12.1 Å². The van der Waals surface area contributed by atoms with Crippen LogP contribution in [0.15, 0.2) is 12.1 Å². The van der Waals surface area contributed by atoms with Crippen LogP contribution in [0.3, 0.4) is 0 Å². The summed E-state index contributed by atoms with van der Waals surface area (Å²) in [5.74, 6) is -2.18. The first-order valence-corrected chi connectivity index (χ1v) is 5.52. The van der Waals surface area contributed by atoms with Crippen LogP contribution >= 0.6 is 0 Å². The summed E-state index contributed by atoms with van der Waals surface area (Å²) < 4.78 is 31.9. The van der Waals surface area contributed by atoms with Gasteiger partial charge in [-0.3, -0.25) is 0 Å². The predicted octanol–water partition coefficient (Wildman–Crippen LogP) is 2.78. The Bertz CT molecular complexity index is 444. The van der Waals surface area contributed by atoms with E-state index in [4.69, 9.17) is 15.1 Å². The van der Waals surface area contributed by atoms with E-state index in [1.165, 1.54) is 0 Å². The summed E-state index contributed by atoms with van der Waals surface area (Å²) in [5.41, 5.74) is -0.451. The highest BCUT2D eigenvalue weighted by Gasteiger charge is 2.18. The maximum absolute atomic E-state index is 13.5. The Balaban J connectivity index is 2.72. The Hall–Kier alpha value is -1.67. The maximum Gasteiger partial charge on any atom is 0.190 e. The Kier molecular flexibility index (Phi) is 4.62. The molecule has 1 aromatic carbocycles.